The molecule has 0 bridgehead atoms. The molecule has 2 heterocycles. The monoisotopic (exact) mass is 283 g/mol. The van der Waals surface area contributed by atoms with Crippen molar-refractivity contribution in [3.05, 3.63) is 24.5 Å². The van der Waals surface area contributed by atoms with Gasteiger partial charge in [-0.05, 0) is 18.6 Å². The molecule has 0 aliphatic rings. The molecule has 19 heavy (non-hydrogen) atoms. The van der Waals surface area contributed by atoms with Gasteiger partial charge in [-0.25, -0.2) is 18.1 Å². The standard InChI is InChI=1S/C11H13N3O4S/c15-10(16)4-2-6-14-19(17,18)9-7-13-11-8(9)3-1-5-12-11/h1,3,5,7,14H,2,4,6H2,(H,12,13)(H,15,16). The van der Waals surface area contributed by atoms with E-state index < -0.39 is 16.0 Å². The molecule has 0 aliphatic heterocycles. The maximum Gasteiger partial charge on any atom is 0.303 e. The molecule has 0 saturated carbocycles. The van der Waals surface area contributed by atoms with Gasteiger partial charge in [0.25, 0.3) is 0 Å². The summed E-state index contributed by atoms with van der Waals surface area (Å²) in [6, 6.07) is 3.31. The third-order valence-corrected chi connectivity index (χ3v) is 4.06. The normalized spacial score (nSPS) is 11.8. The molecule has 2 aromatic heterocycles. The number of carbonyl (C=O) groups is 1. The lowest BCUT2D eigenvalue weighted by molar-refractivity contribution is -0.137. The number of nitrogens with one attached hydrogen (secondary N) is 2. The van der Waals surface area contributed by atoms with E-state index in [4.69, 9.17) is 5.11 Å². The number of sulfonamides is 1. The van der Waals surface area contributed by atoms with Crippen LogP contribution in [0.2, 0.25) is 0 Å². The van der Waals surface area contributed by atoms with E-state index in [9.17, 15) is 13.2 Å². The van der Waals surface area contributed by atoms with Gasteiger partial charge in [0.05, 0.1) is 0 Å². The van der Waals surface area contributed by atoms with Crippen molar-refractivity contribution >= 4 is 27.0 Å². The molecule has 0 unspecified atom stereocenters. The van der Waals surface area contributed by atoms with Gasteiger partial charge in [-0.2, -0.15) is 0 Å². The van der Waals surface area contributed by atoms with Gasteiger partial charge in [-0.3, -0.25) is 4.79 Å². The van der Waals surface area contributed by atoms with Gasteiger partial charge in [-0.1, -0.05) is 0 Å². The van der Waals surface area contributed by atoms with Gasteiger partial charge in [-0.15, -0.1) is 0 Å². The van der Waals surface area contributed by atoms with Crippen molar-refractivity contribution in [1.82, 2.24) is 14.7 Å². The summed E-state index contributed by atoms with van der Waals surface area (Å²) in [6.07, 6.45) is 3.11. The fourth-order valence-electron chi connectivity index (χ4n) is 1.68. The van der Waals surface area contributed by atoms with Gasteiger partial charge in [0, 0.05) is 30.7 Å². The van der Waals surface area contributed by atoms with Crippen LogP contribution in [0.15, 0.2) is 29.4 Å². The van der Waals surface area contributed by atoms with Crippen LogP contribution in [0.4, 0.5) is 0 Å². The fraction of sp³-hybridized carbons (Fsp3) is 0.273. The number of fused-ring (bicyclic) bond motifs is 1. The van der Waals surface area contributed by atoms with E-state index in [1.165, 1.54) is 6.20 Å². The number of nitrogens with zero attached hydrogens (tertiary/aromatic N) is 1. The van der Waals surface area contributed by atoms with E-state index in [-0.39, 0.29) is 24.3 Å². The Balaban J connectivity index is 2.13. The minimum atomic E-state index is -3.66. The summed E-state index contributed by atoms with van der Waals surface area (Å²) in [5.41, 5.74) is 0.494. The van der Waals surface area contributed by atoms with E-state index in [1.807, 2.05) is 0 Å². The van der Waals surface area contributed by atoms with E-state index in [0.29, 0.717) is 11.0 Å². The number of aliphatic carboxylic acids is 1. The fourth-order valence-corrected chi connectivity index (χ4v) is 2.91. The van der Waals surface area contributed by atoms with Gasteiger partial charge in [0.1, 0.15) is 10.5 Å². The van der Waals surface area contributed by atoms with Crippen LogP contribution >= 0.6 is 0 Å². The highest BCUT2D eigenvalue weighted by Crippen LogP contribution is 2.20. The highest BCUT2D eigenvalue weighted by molar-refractivity contribution is 7.89. The zero-order valence-electron chi connectivity index (χ0n) is 9.96. The van der Waals surface area contributed by atoms with Gasteiger partial charge in [0.2, 0.25) is 10.0 Å². The van der Waals surface area contributed by atoms with E-state index in [2.05, 4.69) is 14.7 Å². The summed E-state index contributed by atoms with van der Waals surface area (Å²) < 4.78 is 26.5. The molecule has 2 aromatic rings. The molecule has 102 valence electrons. The lowest BCUT2D eigenvalue weighted by Crippen LogP contribution is -2.25. The molecule has 8 heteroatoms. The Labute approximate surface area is 109 Å². The second-order valence-electron chi connectivity index (χ2n) is 3.95. The zero-order valence-corrected chi connectivity index (χ0v) is 10.8. The average Bonchev–Trinajstić information content (AvgIpc) is 2.79. The number of aromatic amines is 1. The Morgan fingerprint density at radius 3 is 3.00 bits per heavy atom. The molecule has 2 rings (SSSR count). The zero-order chi connectivity index (χ0) is 13.9. The largest absolute Gasteiger partial charge is 0.481 e. The number of hydrogen-bond acceptors (Lipinski definition) is 4. The summed E-state index contributed by atoms with van der Waals surface area (Å²) in [6.45, 7) is 0.0849. The SMILES string of the molecule is O=C(O)CCCNS(=O)(=O)c1c[nH]c2ncccc12. The number of carboxylic acids is 1. The summed E-state index contributed by atoms with van der Waals surface area (Å²) in [7, 11) is -3.66. The number of pyridine rings is 1. The first-order valence-corrected chi connectivity index (χ1v) is 7.12. The summed E-state index contributed by atoms with van der Waals surface area (Å²) in [5.74, 6) is -0.949. The second-order valence-corrected chi connectivity index (χ2v) is 5.68. The molecular weight excluding hydrogens is 270 g/mol. The first-order chi connectivity index (χ1) is 9.00. The molecule has 0 aliphatic carbocycles. The molecule has 0 saturated heterocycles. The minimum absolute atomic E-state index is 0.0715. The van der Waals surface area contributed by atoms with Crippen molar-refractivity contribution in [3.63, 3.8) is 0 Å². The molecule has 0 amide bonds. The predicted octanol–water partition coefficient (Wildman–Crippen LogP) is 0.706. The van der Waals surface area contributed by atoms with Crippen LogP contribution in [0.3, 0.4) is 0 Å². The minimum Gasteiger partial charge on any atom is -0.481 e. The average molecular weight is 283 g/mol. The highest BCUT2D eigenvalue weighted by atomic mass is 32.2. The van der Waals surface area contributed by atoms with Crippen molar-refractivity contribution in [2.24, 2.45) is 0 Å². The summed E-state index contributed by atoms with van der Waals surface area (Å²) in [5, 5.41) is 8.99. The Morgan fingerprint density at radius 1 is 1.47 bits per heavy atom. The van der Waals surface area contributed by atoms with Gasteiger partial charge >= 0.3 is 5.97 Å². The van der Waals surface area contributed by atoms with E-state index in [0.717, 1.165) is 0 Å². The van der Waals surface area contributed by atoms with Crippen molar-refractivity contribution < 1.29 is 18.3 Å². The van der Waals surface area contributed by atoms with Crippen LogP contribution in [0.25, 0.3) is 11.0 Å². The topological polar surface area (TPSA) is 112 Å². The van der Waals surface area contributed by atoms with Crippen LogP contribution < -0.4 is 4.72 Å². The van der Waals surface area contributed by atoms with Crippen LogP contribution in [-0.4, -0.2) is 36.0 Å². The second kappa shape index (κ2) is 5.37. The number of H-pyrrole nitrogens is 1. The van der Waals surface area contributed by atoms with Crippen molar-refractivity contribution in [1.29, 1.82) is 0 Å². The van der Waals surface area contributed by atoms with E-state index >= 15 is 0 Å². The maximum absolute atomic E-state index is 12.0. The van der Waals surface area contributed by atoms with Gasteiger partial charge in [0.15, 0.2) is 0 Å². The molecule has 0 spiro atoms. The molecular formula is C11H13N3O4S. The molecule has 0 fully saturated rings. The van der Waals surface area contributed by atoms with E-state index in [1.54, 1.807) is 18.3 Å². The first kappa shape index (κ1) is 13.5. The summed E-state index contributed by atoms with van der Waals surface area (Å²) >= 11 is 0. The number of carboxylic acid groups (broad SMARTS) is 1. The quantitative estimate of drug-likeness (QED) is 0.676. The maximum atomic E-state index is 12.0. The number of rotatable bonds is 6. The van der Waals surface area contributed by atoms with Crippen molar-refractivity contribution in [2.75, 3.05) is 6.54 Å². The van der Waals surface area contributed by atoms with Crippen molar-refractivity contribution in [3.8, 4) is 0 Å². The van der Waals surface area contributed by atoms with Crippen LogP contribution in [0.1, 0.15) is 12.8 Å². The number of aromatic nitrogens is 2. The molecule has 3 N–H and O–H groups in total. The van der Waals surface area contributed by atoms with Crippen LogP contribution in [0, 0.1) is 0 Å². The lowest BCUT2D eigenvalue weighted by atomic mass is 10.3. The summed E-state index contributed by atoms with van der Waals surface area (Å²) in [4.78, 5) is 17.2. The Kier molecular flexibility index (Phi) is 3.82. The van der Waals surface area contributed by atoms with Crippen LogP contribution in [-0.2, 0) is 14.8 Å². The third kappa shape index (κ3) is 3.09. The third-order valence-electron chi connectivity index (χ3n) is 2.56. The van der Waals surface area contributed by atoms with Gasteiger partial charge < -0.3 is 10.1 Å². The predicted molar refractivity (Wildman–Crippen MR) is 68.2 cm³/mol. The molecule has 0 atom stereocenters. The van der Waals surface area contributed by atoms with Crippen molar-refractivity contribution in [2.45, 2.75) is 17.7 Å². The Hall–Kier alpha value is -1.93. The smallest absolute Gasteiger partial charge is 0.303 e. The highest BCUT2D eigenvalue weighted by Gasteiger charge is 2.18. The lowest BCUT2D eigenvalue weighted by Gasteiger charge is -2.04. The molecule has 0 aromatic carbocycles. The van der Waals surface area contributed by atoms with Crippen LogP contribution in [0.5, 0.6) is 0 Å². The Morgan fingerprint density at radius 2 is 2.26 bits per heavy atom. The Bertz CT molecular complexity index is 693. The molecule has 7 nitrogen and oxygen atoms in total. The first-order valence-electron chi connectivity index (χ1n) is 5.64. The molecule has 0 radical (unpaired) electrons. The number of hydrogen-bond donors (Lipinski definition) is 3.